The van der Waals surface area contributed by atoms with E-state index in [9.17, 15) is 19.7 Å². The number of nitro groups is 1. The minimum absolute atomic E-state index is 0.0401. The van der Waals surface area contributed by atoms with E-state index in [4.69, 9.17) is 18.9 Å². The molecule has 29 heavy (non-hydrogen) atoms. The van der Waals surface area contributed by atoms with Crippen LogP contribution in [0.15, 0.2) is 18.2 Å². The van der Waals surface area contributed by atoms with E-state index in [2.05, 4.69) is 0 Å². The first-order chi connectivity index (χ1) is 13.6. The molecule has 5 atom stereocenters. The number of carbonyl (C=O) groups is 2. The molecule has 0 N–H and O–H groups in total. The lowest BCUT2D eigenvalue weighted by Gasteiger charge is -2.43. The fraction of sp³-hybridized carbons (Fsp3) is 0.600. The quantitative estimate of drug-likeness (QED) is 0.383. The van der Waals surface area contributed by atoms with Crippen molar-refractivity contribution in [2.24, 2.45) is 5.92 Å². The van der Waals surface area contributed by atoms with Crippen LogP contribution < -0.4 is 4.74 Å². The second-order valence-electron chi connectivity index (χ2n) is 7.13. The maximum atomic E-state index is 11.7. The van der Waals surface area contributed by atoms with Gasteiger partial charge in [0.15, 0.2) is 0 Å². The Balaban J connectivity index is 2.38. The second kappa shape index (κ2) is 9.69. The van der Waals surface area contributed by atoms with Crippen molar-refractivity contribution in [3.8, 4) is 5.75 Å². The van der Waals surface area contributed by atoms with E-state index in [1.165, 1.54) is 32.0 Å². The molecule has 1 aliphatic heterocycles. The molecule has 0 aliphatic carbocycles. The predicted octanol–water partition coefficient (Wildman–Crippen LogP) is 3.17. The third-order valence-electron chi connectivity index (χ3n) is 4.82. The Morgan fingerprint density at radius 2 is 1.76 bits per heavy atom. The molecule has 1 aliphatic rings. The lowest BCUT2D eigenvalue weighted by molar-refractivity contribution is -0.385. The van der Waals surface area contributed by atoms with Crippen LogP contribution in [0.1, 0.15) is 46.6 Å². The molecule has 0 aromatic heterocycles. The standard InChI is InChI=1S/C20H27NO8/c1-6-7-15-10-16(21(24)25)8-9-17(15)29-20-19(28-14(5)23)18(27-13(4)22)11(2)12(3)26-20/h8-12,18-20H,6-7H2,1-5H3/t11-,12-,18+,19-,20+/m1/s1. The normalized spacial score (nSPS) is 26.4. The van der Waals surface area contributed by atoms with E-state index in [0.717, 1.165) is 6.42 Å². The van der Waals surface area contributed by atoms with E-state index >= 15 is 0 Å². The number of nitrogens with zero attached hydrogens (tertiary/aromatic N) is 1. The minimum Gasteiger partial charge on any atom is -0.460 e. The first-order valence-electron chi connectivity index (χ1n) is 9.57. The molecule has 0 spiro atoms. The summed E-state index contributed by atoms with van der Waals surface area (Å²) in [5.74, 6) is -0.921. The van der Waals surface area contributed by atoms with Gasteiger partial charge < -0.3 is 18.9 Å². The second-order valence-corrected chi connectivity index (χ2v) is 7.13. The Hall–Kier alpha value is -2.68. The largest absolute Gasteiger partial charge is 0.460 e. The molecule has 0 saturated carbocycles. The number of carbonyl (C=O) groups excluding carboxylic acids is 2. The Labute approximate surface area is 169 Å². The van der Waals surface area contributed by atoms with Crippen molar-refractivity contribution < 1.29 is 33.5 Å². The Morgan fingerprint density at radius 1 is 1.14 bits per heavy atom. The highest BCUT2D eigenvalue weighted by molar-refractivity contribution is 5.67. The molecular weight excluding hydrogens is 382 g/mol. The zero-order valence-corrected chi connectivity index (χ0v) is 17.2. The molecule has 1 saturated heterocycles. The van der Waals surface area contributed by atoms with Crippen LogP contribution in [-0.2, 0) is 30.2 Å². The Kier molecular flexibility index (Phi) is 7.55. The van der Waals surface area contributed by atoms with Crippen molar-refractivity contribution in [1.82, 2.24) is 0 Å². The highest BCUT2D eigenvalue weighted by atomic mass is 16.7. The van der Waals surface area contributed by atoms with Crippen LogP contribution in [0.4, 0.5) is 5.69 Å². The van der Waals surface area contributed by atoms with Gasteiger partial charge in [-0.25, -0.2) is 0 Å². The van der Waals surface area contributed by atoms with Crippen LogP contribution in [0.3, 0.4) is 0 Å². The lowest BCUT2D eigenvalue weighted by Crippen LogP contribution is -2.57. The summed E-state index contributed by atoms with van der Waals surface area (Å²) in [5, 5.41) is 11.1. The number of rotatable bonds is 7. The summed E-state index contributed by atoms with van der Waals surface area (Å²) < 4.78 is 22.7. The van der Waals surface area contributed by atoms with Gasteiger partial charge in [0.25, 0.3) is 5.69 Å². The molecule has 2 rings (SSSR count). The molecular formula is C20H27NO8. The molecule has 0 bridgehead atoms. The molecule has 1 fully saturated rings. The van der Waals surface area contributed by atoms with E-state index in [1.807, 2.05) is 20.8 Å². The summed E-state index contributed by atoms with van der Waals surface area (Å²) in [6.45, 7) is 8.12. The van der Waals surface area contributed by atoms with E-state index < -0.39 is 35.4 Å². The van der Waals surface area contributed by atoms with Gasteiger partial charge in [-0.15, -0.1) is 0 Å². The predicted molar refractivity (Wildman–Crippen MR) is 102 cm³/mol. The molecule has 0 unspecified atom stereocenters. The van der Waals surface area contributed by atoms with Crippen molar-refractivity contribution in [3.05, 3.63) is 33.9 Å². The molecule has 9 heteroatoms. The number of hydrogen-bond acceptors (Lipinski definition) is 8. The third kappa shape index (κ3) is 5.66. The molecule has 0 amide bonds. The van der Waals surface area contributed by atoms with Gasteiger partial charge in [0.1, 0.15) is 11.9 Å². The summed E-state index contributed by atoms with van der Waals surface area (Å²) in [6.07, 6.45) is -1.80. The number of nitro benzene ring substituents is 1. The molecule has 1 aromatic carbocycles. The van der Waals surface area contributed by atoms with E-state index in [0.29, 0.717) is 17.7 Å². The number of esters is 2. The smallest absolute Gasteiger partial charge is 0.303 e. The molecule has 1 heterocycles. The summed E-state index contributed by atoms with van der Waals surface area (Å²) in [7, 11) is 0. The van der Waals surface area contributed by atoms with Gasteiger partial charge in [0.05, 0.1) is 11.0 Å². The average molecular weight is 409 g/mol. The Bertz CT molecular complexity index is 765. The average Bonchev–Trinajstić information content (AvgIpc) is 2.63. The maximum absolute atomic E-state index is 11.7. The van der Waals surface area contributed by atoms with Crippen molar-refractivity contribution >= 4 is 17.6 Å². The van der Waals surface area contributed by atoms with Crippen LogP contribution in [0.2, 0.25) is 0 Å². The highest BCUT2D eigenvalue weighted by Crippen LogP contribution is 2.34. The van der Waals surface area contributed by atoms with E-state index in [1.54, 1.807) is 0 Å². The fourth-order valence-electron chi connectivity index (χ4n) is 3.29. The van der Waals surface area contributed by atoms with Crippen LogP contribution in [0.25, 0.3) is 0 Å². The number of non-ortho nitro benzene ring substituents is 1. The third-order valence-corrected chi connectivity index (χ3v) is 4.82. The number of ether oxygens (including phenoxy) is 4. The fourth-order valence-corrected chi connectivity index (χ4v) is 3.29. The number of benzene rings is 1. The molecule has 9 nitrogen and oxygen atoms in total. The van der Waals surface area contributed by atoms with Crippen molar-refractivity contribution in [1.29, 1.82) is 0 Å². The van der Waals surface area contributed by atoms with Crippen LogP contribution in [0, 0.1) is 16.0 Å². The molecule has 160 valence electrons. The zero-order valence-electron chi connectivity index (χ0n) is 17.2. The molecule has 1 aromatic rings. The van der Waals surface area contributed by atoms with Gasteiger partial charge >= 0.3 is 11.9 Å². The maximum Gasteiger partial charge on any atom is 0.303 e. The van der Waals surface area contributed by atoms with Gasteiger partial charge in [-0.05, 0) is 19.4 Å². The van der Waals surface area contributed by atoms with Crippen molar-refractivity contribution in [3.63, 3.8) is 0 Å². The van der Waals surface area contributed by atoms with Crippen LogP contribution >= 0.6 is 0 Å². The summed E-state index contributed by atoms with van der Waals surface area (Å²) in [6, 6.07) is 4.30. The first kappa shape index (κ1) is 22.6. The zero-order chi connectivity index (χ0) is 21.7. The van der Waals surface area contributed by atoms with Gasteiger partial charge in [0.2, 0.25) is 12.4 Å². The van der Waals surface area contributed by atoms with Gasteiger partial charge in [-0.3, -0.25) is 19.7 Å². The number of hydrogen-bond donors (Lipinski definition) is 0. The van der Waals surface area contributed by atoms with Gasteiger partial charge in [-0.1, -0.05) is 20.3 Å². The van der Waals surface area contributed by atoms with Crippen LogP contribution in [0.5, 0.6) is 5.75 Å². The van der Waals surface area contributed by atoms with Gasteiger partial charge in [-0.2, -0.15) is 0 Å². The van der Waals surface area contributed by atoms with Crippen molar-refractivity contribution in [2.45, 2.75) is 72.1 Å². The monoisotopic (exact) mass is 409 g/mol. The topological polar surface area (TPSA) is 114 Å². The summed E-state index contributed by atoms with van der Waals surface area (Å²) in [5.41, 5.74) is 0.601. The summed E-state index contributed by atoms with van der Waals surface area (Å²) >= 11 is 0. The first-order valence-corrected chi connectivity index (χ1v) is 9.57. The van der Waals surface area contributed by atoms with Crippen LogP contribution in [-0.4, -0.2) is 41.5 Å². The van der Waals surface area contributed by atoms with Gasteiger partial charge in [0, 0.05) is 37.5 Å². The SMILES string of the molecule is CCCc1cc([N+](=O)[O-])ccc1O[C@@H]1O[C@H](C)[C@@H](C)[C@H](OC(C)=O)[C@H]1OC(C)=O. The lowest BCUT2D eigenvalue weighted by atomic mass is 9.91. The van der Waals surface area contributed by atoms with E-state index in [-0.39, 0.29) is 17.7 Å². The highest BCUT2D eigenvalue weighted by Gasteiger charge is 2.48. The number of aryl methyl sites for hydroxylation is 1. The summed E-state index contributed by atoms with van der Waals surface area (Å²) in [4.78, 5) is 33.9. The van der Waals surface area contributed by atoms with Crippen molar-refractivity contribution in [2.75, 3.05) is 0 Å². The molecule has 0 radical (unpaired) electrons. The Morgan fingerprint density at radius 3 is 2.31 bits per heavy atom. The minimum atomic E-state index is -1.04.